The van der Waals surface area contributed by atoms with Gasteiger partial charge in [0, 0.05) is 12.7 Å². The van der Waals surface area contributed by atoms with E-state index in [9.17, 15) is 14.0 Å². The molecule has 1 aromatic carbocycles. The summed E-state index contributed by atoms with van der Waals surface area (Å²) in [6.45, 7) is 0. The van der Waals surface area contributed by atoms with Crippen LogP contribution >= 0.6 is 0 Å². The molecule has 1 amide bonds. The highest BCUT2D eigenvalue weighted by atomic mass is 19.1. The van der Waals surface area contributed by atoms with E-state index < -0.39 is 11.7 Å². The monoisotopic (exact) mass is 357 g/mol. The van der Waals surface area contributed by atoms with E-state index in [0.29, 0.717) is 17.5 Å². The lowest BCUT2D eigenvalue weighted by Crippen LogP contribution is -2.19. The zero-order valence-electron chi connectivity index (χ0n) is 14.4. The molecule has 0 aliphatic carbocycles. The SMILES string of the molecule is CNC(=O)c1ccc(CCCCc2cc3c(=O)[nH]c(N)nc3[nH]2)cc1F. The molecule has 2 aromatic heterocycles. The molecule has 7 nitrogen and oxygen atoms in total. The normalized spacial score (nSPS) is 11.0. The fraction of sp³-hybridized carbons (Fsp3) is 0.278. The standard InChI is InChI=1S/C18H20FN5O2/c1-21-16(25)12-7-6-10(8-14(12)19)4-2-3-5-11-9-13-15(22-11)23-18(20)24-17(13)26/h6-9H,2-5H2,1H3,(H,21,25)(H4,20,22,23,24,26). The second-order valence-electron chi connectivity index (χ2n) is 6.11. The highest BCUT2D eigenvalue weighted by Gasteiger charge is 2.10. The molecule has 0 saturated heterocycles. The zero-order chi connectivity index (χ0) is 18.7. The van der Waals surface area contributed by atoms with Crippen LogP contribution in [0.4, 0.5) is 10.3 Å². The number of amides is 1. The molecule has 0 fully saturated rings. The average Bonchev–Trinajstić information content (AvgIpc) is 3.01. The molecule has 0 atom stereocenters. The Hall–Kier alpha value is -3.16. The van der Waals surface area contributed by atoms with Crippen molar-refractivity contribution in [1.82, 2.24) is 20.3 Å². The number of benzene rings is 1. The number of aromatic nitrogens is 3. The lowest BCUT2D eigenvalue weighted by atomic mass is 10.0. The van der Waals surface area contributed by atoms with Crippen molar-refractivity contribution in [1.29, 1.82) is 0 Å². The van der Waals surface area contributed by atoms with Gasteiger partial charge in [0.05, 0.1) is 10.9 Å². The first-order chi connectivity index (χ1) is 12.5. The number of carbonyl (C=O) groups is 1. The molecule has 0 radical (unpaired) electrons. The highest BCUT2D eigenvalue weighted by Crippen LogP contribution is 2.15. The summed E-state index contributed by atoms with van der Waals surface area (Å²) >= 11 is 0. The number of aromatic amines is 2. The van der Waals surface area contributed by atoms with Crippen LogP contribution in [0.25, 0.3) is 11.0 Å². The van der Waals surface area contributed by atoms with E-state index in [0.717, 1.165) is 30.5 Å². The van der Waals surface area contributed by atoms with Crippen LogP contribution in [0.5, 0.6) is 0 Å². The van der Waals surface area contributed by atoms with Gasteiger partial charge in [-0.1, -0.05) is 6.07 Å². The summed E-state index contributed by atoms with van der Waals surface area (Å²) in [5.74, 6) is -0.865. The molecule has 0 spiro atoms. The number of rotatable bonds is 6. The molecule has 0 unspecified atom stereocenters. The number of hydrogen-bond acceptors (Lipinski definition) is 4. The lowest BCUT2D eigenvalue weighted by Gasteiger charge is -2.05. The summed E-state index contributed by atoms with van der Waals surface area (Å²) in [6.07, 6.45) is 3.16. The van der Waals surface area contributed by atoms with Gasteiger partial charge in [0.1, 0.15) is 11.5 Å². The maximum Gasteiger partial charge on any atom is 0.261 e. The van der Waals surface area contributed by atoms with Crippen molar-refractivity contribution in [3.8, 4) is 0 Å². The van der Waals surface area contributed by atoms with Crippen LogP contribution in [0.15, 0.2) is 29.1 Å². The van der Waals surface area contributed by atoms with E-state index in [1.807, 2.05) is 0 Å². The minimum absolute atomic E-state index is 0.0475. The molecule has 26 heavy (non-hydrogen) atoms. The number of fused-ring (bicyclic) bond motifs is 1. The molecule has 3 aromatic rings. The first-order valence-corrected chi connectivity index (χ1v) is 8.36. The number of unbranched alkanes of at least 4 members (excludes halogenated alkanes) is 1. The van der Waals surface area contributed by atoms with E-state index in [2.05, 4.69) is 20.3 Å². The Morgan fingerprint density at radius 3 is 2.73 bits per heavy atom. The van der Waals surface area contributed by atoms with Crippen molar-refractivity contribution in [2.45, 2.75) is 25.7 Å². The third-order valence-corrected chi connectivity index (χ3v) is 4.24. The minimum atomic E-state index is -0.514. The fourth-order valence-electron chi connectivity index (χ4n) is 2.90. The van der Waals surface area contributed by atoms with Gasteiger partial charge < -0.3 is 16.0 Å². The van der Waals surface area contributed by atoms with Gasteiger partial charge in [-0.2, -0.15) is 4.98 Å². The number of anilines is 1. The Morgan fingerprint density at radius 2 is 2.00 bits per heavy atom. The van der Waals surface area contributed by atoms with E-state index in [1.54, 1.807) is 12.1 Å². The molecular formula is C18H20FN5O2. The summed E-state index contributed by atoms with van der Waals surface area (Å²) in [5.41, 5.74) is 7.55. The molecule has 3 rings (SSSR count). The smallest absolute Gasteiger partial charge is 0.261 e. The summed E-state index contributed by atoms with van der Waals surface area (Å²) in [7, 11) is 1.47. The number of nitrogens with two attached hydrogens (primary N) is 1. The zero-order valence-corrected chi connectivity index (χ0v) is 14.4. The average molecular weight is 357 g/mol. The largest absolute Gasteiger partial charge is 0.369 e. The van der Waals surface area contributed by atoms with Crippen LogP contribution in [0.3, 0.4) is 0 Å². The Bertz CT molecular complexity index is 1010. The third-order valence-electron chi connectivity index (χ3n) is 4.24. The molecule has 0 saturated carbocycles. The summed E-state index contributed by atoms with van der Waals surface area (Å²) < 4.78 is 13.9. The molecule has 0 bridgehead atoms. The number of nitrogens with one attached hydrogen (secondary N) is 3. The molecule has 5 N–H and O–H groups in total. The minimum Gasteiger partial charge on any atom is -0.369 e. The number of nitrogens with zero attached hydrogens (tertiary/aromatic N) is 1. The van der Waals surface area contributed by atoms with Crippen molar-refractivity contribution in [2.75, 3.05) is 12.8 Å². The van der Waals surface area contributed by atoms with Crippen molar-refractivity contribution in [3.63, 3.8) is 0 Å². The first-order valence-electron chi connectivity index (χ1n) is 8.36. The van der Waals surface area contributed by atoms with Crippen LogP contribution in [0.1, 0.15) is 34.5 Å². The highest BCUT2D eigenvalue weighted by molar-refractivity contribution is 5.94. The van der Waals surface area contributed by atoms with Gasteiger partial charge in [-0.05, 0) is 49.4 Å². The van der Waals surface area contributed by atoms with Crippen molar-refractivity contribution in [2.24, 2.45) is 0 Å². The maximum absolute atomic E-state index is 13.9. The number of carbonyl (C=O) groups excluding carboxylic acids is 1. The van der Waals surface area contributed by atoms with Gasteiger partial charge in [-0.3, -0.25) is 14.6 Å². The van der Waals surface area contributed by atoms with Crippen LogP contribution in [-0.2, 0) is 12.8 Å². The van der Waals surface area contributed by atoms with Gasteiger partial charge in [-0.15, -0.1) is 0 Å². The van der Waals surface area contributed by atoms with Gasteiger partial charge in [-0.25, -0.2) is 4.39 Å². The Balaban J connectivity index is 1.57. The second kappa shape index (κ2) is 7.38. The van der Waals surface area contributed by atoms with E-state index >= 15 is 0 Å². The third kappa shape index (κ3) is 3.74. The van der Waals surface area contributed by atoms with Crippen LogP contribution in [0, 0.1) is 5.82 Å². The quantitative estimate of drug-likeness (QED) is 0.504. The number of hydrogen-bond donors (Lipinski definition) is 4. The number of halogens is 1. The fourth-order valence-corrected chi connectivity index (χ4v) is 2.90. The summed E-state index contributed by atoms with van der Waals surface area (Å²) in [4.78, 5) is 32.9. The van der Waals surface area contributed by atoms with Gasteiger partial charge >= 0.3 is 0 Å². The van der Waals surface area contributed by atoms with Gasteiger partial charge in [0.15, 0.2) is 0 Å². The predicted octanol–water partition coefficient (Wildman–Crippen LogP) is 1.90. The van der Waals surface area contributed by atoms with Crippen LogP contribution < -0.4 is 16.6 Å². The summed E-state index contributed by atoms with van der Waals surface area (Å²) in [6, 6.07) is 6.45. The van der Waals surface area contributed by atoms with E-state index in [4.69, 9.17) is 5.73 Å². The van der Waals surface area contributed by atoms with Crippen LogP contribution in [0.2, 0.25) is 0 Å². The molecule has 8 heteroatoms. The molecular weight excluding hydrogens is 337 g/mol. The number of H-pyrrole nitrogens is 2. The Morgan fingerprint density at radius 1 is 1.23 bits per heavy atom. The van der Waals surface area contributed by atoms with E-state index in [-0.39, 0.29) is 17.1 Å². The second-order valence-corrected chi connectivity index (χ2v) is 6.11. The van der Waals surface area contributed by atoms with E-state index in [1.165, 1.54) is 19.2 Å². The lowest BCUT2D eigenvalue weighted by molar-refractivity contribution is 0.0959. The van der Waals surface area contributed by atoms with Gasteiger partial charge in [0.2, 0.25) is 5.95 Å². The maximum atomic E-state index is 13.9. The molecule has 0 aliphatic heterocycles. The topological polar surface area (TPSA) is 117 Å². The Kier molecular flexibility index (Phi) is 5.01. The molecule has 0 aliphatic rings. The van der Waals surface area contributed by atoms with Crippen molar-refractivity contribution < 1.29 is 9.18 Å². The number of nitrogen functional groups attached to an aromatic ring is 1. The van der Waals surface area contributed by atoms with Gasteiger partial charge in [0.25, 0.3) is 11.5 Å². The summed E-state index contributed by atoms with van der Waals surface area (Å²) in [5, 5.41) is 2.90. The number of aryl methyl sites for hydroxylation is 2. The Labute approximate surface area is 148 Å². The molecule has 2 heterocycles. The first kappa shape index (κ1) is 17.7. The van der Waals surface area contributed by atoms with Crippen molar-refractivity contribution in [3.05, 3.63) is 57.3 Å². The van der Waals surface area contributed by atoms with Crippen molar-refractivity contribution >= 4 is 22.9 Å². The molecule has 136 valence electrons. The predicted molar refractivity (Wildman–Crippen MR) is 97.6 cm³/mol. The van der Waals surface area contributed by atoms with Crippen LogP contribution in [-0.4, -0.2) is 27.9 Å².